The highest BCUT2D eigenvalue weighted by Gasteiger charge is 2.34. The highest BCUT2D eigenvalue weighted by molar-refractivity contribution is 5.82. The van der Waals surface area contributed by atoms with Gasteiger partial charge in [0, 0.05) is 11.6 Å². The average molecular weight is 398 g/mol. The first-order valence-corrected chi connectivity index (χ1v) is 11.3. The van der Waals surface area contributed by atoms with Crippen molar-refractivity contribution in [1.82, 2.24) is 14.4 Å². The molecular weight excluding hydrogens is 370 g/mol. The van der Waals surface area contributed by atoms with E-state index in [0.29, 0.717) is 17.8 Å². The largest absolute Gasteiger partial charge is 0.387 e. The normalized spacial score (nSPS) is 23.1. The molecule has 0 radical (unpaired) electrons. The SMILES string of the molecule is OC(c1c(C2CC2)ccc2cncn12)C1CCC(c2cccc3ncccc23)CC1. The maximum absolute atomic E-state index is 11.5. The zero-order valence-electron chi connectivity index (χ0n) is 17.1. The Hall–Kier alpha value is -2.72. The van der Waals surface area contributed by atoms with Crippen molar-refractivity contribution in [2.45, 2.75) is 56.5 Å². The first-order chi connectivity index (χ1) is 14.8. The van der Waals surface area contributed by atoms with Crippen molar-refractivity contribution in [2.75, 3.05) is 0 Å². The Kier molecular flexibility index (Phi) is 4.34. The fourth-order valence-corrected chi connectivity index (χ4v) is 5.53. The number of hydrogen-bond acceptors (Lipinski definition) is 3. The third kappa shape index (κ3) is 3.02. The number of rotatable bonds is 4. The lowest BCUT2D eigenvalue weighted by Gasteiger charge is -2.33. The summed E-state index contributed by atoms with van der Waals surface area (Å²) in [5.74, 6) is 1.47. The first kappa shape index (κ1) is 18.1. The van der Waals surface area contributed by atoms with Crippen LogP contribution in [0.1, 0.15) is 73.3 Å². The van der Waals surface area contributed by atoms with Crippen molar-refractivity contribution in [1.29, 1.82) is 0 Å². The Balaban J connectivity index is 1.27. The van der Waals surface area contributed by atoms with E-state index in [9.17, 15) is 5.11 Å². The van der Waals surface area contributed by atoms with E-state index in [4.69, 9.17) is 0 Å². The highest BCUT2D eigenvalue weighted by atomic mass is 16.3. The van der Waals surface area contributed by atoms with Crippen molar-refractivity contribution in [3.05, 3.63) is 78.0 Å². The van der Waals surface area contributed by atoms with E-state index in [2.05, 4.69) is 50.8 Å². The van der Waals surface area contributed by atoms with Crippen molar-refractivity contribution in [2.24, 2.45) is 5.92 Å². The molecule has 1 N–H and O–H groups in total. The van der Waals surface area contributed by atoms with Crippen molar-refractivity contribution >= 4 is 16.4 Å². The molecule has 0 spiro atoms. The van der Waals surface area contributed by atoms with Crippen LogP contribution in [0.4, 0.5) is 0 Å². The lowest BCUT2D eigenvalue weighted by atomic mass is 9.75. The highest BCUT2D eigenvalue weighted by Crippen LogP contribution is 2.47. The van der Waals surface area contributed by atoms with Gasteiger partial charge in [-0.25, -0.2) is 4.98 Å². The number of aliphatic hydroxyl groups is 1. The van der Waals surface area contributed by atoms with Gasteiger partial charge in [0.25, 0.3) is 0 Å². The van der Waals surface area contributed by atoms with Gasteiger partial charge >= 0.3 is 0 Å². The molecule has 3 heterocycles. The molecule has 0 saturated heterocycles. The van der Waals surface area contributed by atoms with E-state index in [-0.39, 0.29) is 0 Å². The molecule has 1 atom stereocenters. The molecule has 2 aliphatic rings. The second kappa shape index (κ2) is 7.21. The monoisotopic (exact) mass is 397 g/mol. The number of benzene rings is 1. The van der Waals surface area contributed by atoms with E-state index in [1.807, 2.05) is 24.8 Å². The molecule has 0 bridgehead atoms. The quantitative estimate of drug-likeness (QED) is 0.476. The first-order valence-electron chi connectivity index (χ1n) is 11.3. The van der Waals surface area contributed by atoms with Crippen LogP contribution in [0.5, 0.6) is 0 Å². The van der Waals surface area contributed by atoms with Gasteiger partial charge < -0.3 is 9.51 Å². The van der Waals surface area contributed by atoms with E-state index in [1.165, 1.54) is 29.4 Å². The van der Waals surface area contributed by atoms with Crippen LogP contribution in [-0.2, 0) is 0 Å². The smallest absolute Gasteiger partial charge is 0.0995 e. The Bertz CT molecular complexity index is 1200. The molecule has 1 unspecified atom stereocenters. The van der Waals surface area contributed by atoms with Crippen LogP contribution in [0.15, 0.2) is 61.2 Å². The summed E-state index contributed by atoms with van der Waals surface area (Å²) in [6.07, 6.45) is 12.0. The van der Waals surface area contributed by atoms with Gasteiger partial charge in [0.05, 0.1) is 35.4 Å². The molecular formula is C26H27N3O. The summed E-state index contributed by atoms with van der Waals surface area (Å²) in [5.41, 5.74) is 5.99. The fraction of sp³-hybridized carbons (Fsp3) is 0.385. The molecule has 4 nitrogen and oxygen atoms in total. The van der Waals surface area contributed by atoms with Crippen LogP contribution >= 0.6 is 0 Å². The topological polar surface area (TPSA) is 50.4 Å². The van der Waals surface area contributed by atoms with Gasteiger partial charge in [-0.05, 0) is 85.6 Å². The molecule has 2 fully saturated rings. The number of pyridine rings is 2. The number of fused-ring (bicyclic) bond motifs is 2. The van der Waals surface area contributed by atoms with Crippen LogP contribution in [0.3, 0.4) is 0 Å². The van der Waals surface area contributed by atoms with Gasteiger partial charge in [0.2, 0.25) is 0 Å². The molecule has 152 valence electrons. The van der Waals surface area contributed by atoms with Crippen molar-refractivity contribution in [3.8, 4) is 0 Å². The summed E-state index contributed by atoms with van der Waals surface area (Å²) in [6, 6.07) is 15.1. The van der Waals surface area contributed by atoms with E-state index in [0.717, 1.165) is 42.4 Å². The maximum Gasteiger partial charge on any atom is 0.0995 e. The Morgan fingerprint density at radius 3 is 2.50 bits per heavy atom. The summed E-state index contributed by atoms with van der Waals surface area (Å²) in [4.78, 5) is 8.86. The Morgan fingerprint density at radius 2 is 1.67 bits per heavy atom. The molecule has 4 heteroatoms. The summed E-state index contributed by atoms with van der Waals surface area (Å²) in [6.45, 7) is 0. The van der Waals surface area contributed by atoms with Gasteiger partial charge in [-0.2, -0.15) is 0 Å². The maximum atomic E-state index is 11.5. The number of imidazole rings is 1. The lowest BCUT2D eigenvalue weighted by Crippen LogP contribution is -2.22. The standard InChI is InChI=1S/C26H27N3O/c30-26(25-22(18-6-7-18)13-12-20-15-27-16-29(20)25)19-10-8-17(9-11-19)21-3-1-5-24-23(21)4-2-14-28-24/h1-5,12-19,26,30H,6-11H2. The average Bonchev–Trinajstić information content (AvgIpc) is 3.54. The Morgan fingerprint density at radius 1 is 0.867 bits per heavy atom. The zero-order valence-corrected chi connectivity index (χ0v) is 17.1. The van der Waals surface area contributed by atoms with E-state index >= 15 is 0 Å². The summed E-state index contributed by atoms with van der Waals surface area (Å²) < 4.78 is 2.13. The van der Waals surface area contributed by atoms with Gasteiger partial charge in [-0.3, -0.25) is 4.98 Å². The molecule has 0 amide bonds. The van der Waals surface area contributed by atoms with Crippen LogP contribution in [0, 0.1) is 5.92 Å². The third-order valence-corrected chi connectivity index (χ3v) is 7.29. The van der Waals surface area contributed by atoms with Crippen LogP contribution < -0.4 is 0 Å². The zero-order chi connectivity index (χ0) is 20.1. The minimum atomic E-state index is -0.423. The minimum Gasteiger partial charge on any atom is -0.387 e. The summed E-state index contributed by atoms with van der Waals surface area (Å²) >= 11 is 0. The van der Waals surface area contributed by atoms with Gasteiger partial charge in [-0.15, -0.1) is 0 Å². The van der Waals surface area contributed by atoms with Crippen LogP contribution in [-0.4, -0.2) is 19.5 Å². The predicted molar refractivity (Wildman–Crippen MR) is 119 cm³/mol. The van der Waals surface area contributed by atoms with Gasteiger partial charge in [0.1, 0.15) is 0 Å². The third-order valence-electron chi connectivity index (χ3n) is 7.29. The molecule has 6 rings (SSSR count). The molecule has 2 saturated carbocycles. The minimum absolute atomic E-state index is 0.305. The van der Waals surface area contributed by atoms with Gasteiger partial charge in [-0.1, -0.05) is 24.3 Å². The van der Waals surface area contributed by atoms with Crippen molar-refractivity contribution in [3.63, 3.8) is 0 Å². The second-order valence-electron chi connectivity index (χ2n) is 9.11. The summed E-state index contributed by atoms with van der Waals surface area (Å²) in [5, 5.41) is 12.8. The fourth-order valence-electron chi connectivity index (χ4n) is 5.53. The molecule has 2 aliphatic carbocycles. The molecule has 3 aromatic heterocycles. The number of hydrogen-bond donors (Lipinski definition) is 1. The van der Waals surface area contributed by atoms with E-state index in [1.54, 1.807) is 0 Å². The predicted octanol–water partition coefficient (Wildman–Crippen LogP) is 5.77. The molecule has 4 aromatic rings. The molecule has 0 aliphatic heterocycles. The van der Waals surface area contributed by atoms with E-state index < -0.39 is 6.10 Å². The molecule has 1 aromatic carbocycles. The lowest BCUT2D eigenvalue weighted by molar-refractivity contribution is 0.0755. The summed E-state index contributed by atoms with van der Waals surface area (Å²) in [7, 11) is 0. The Labute approximate surface area is 176 Å². The van der Waals surface area contributed by atoms with Crippen molar-refractivity contribution < 1.29 is 5.11 Å². The second-order valence-corrected chi connectivity index (χ2v) is 9.11. The number of aliphatic hydroxyl groups excluding tert-OH is 1. The number of nitrogens with zero attached hydrogens (tertiary/aromatic N) is 3. The molecule has 30 heavy (non-hydrogen) atoms. The van der Waals surface area contributed by atoms with Gasteiger partial charge in [0.15, 0.2) is 0 Å². The number of aromatic nitrogens is 3. The van der Waals surface area contributed by atoms with Crippen LogP contribution in [0.2, 0.25) is 0 Å². The van der Waals surface area contributed by atoms with Crippen LogP contribution in [0.25, 0.3) is 16.4 Å².